The number of carbonyl (C=O) groups excluding carboxylic acids is 2. The Balaban J connectivity index is 1.59. The van der Waals surface area contributed by atoms with Gasteiger partial charge in [0.25, 0.3) is 0 Å². The zero-order chi connectivity index (χ0) is 23.6. The molecule has 3 rings (SSSR count). The van der Waals surface area contributed by atoms with Gasteiger partial charge in [-0.1, -0.05) is 48.5 Å². The van der Waals surface area contributed by atoms with Gasteiger partial charge in [0.15, 0.2) is 0 Å². The molecule has 0 spiro atoms. The van der Waals surface area contributed by atoms with Crippen LogP contribution >= 0.6 is 0 Å². The number of benzene rings is 2. The third kappa shape index (κ3) is 6.36. The molecule has 33 heavy (non-hydrogen) atoms. The molecule has 1 atom stereocenters. The molecular formula is C26H28N2O5. The molecule has 0 saturated carbocycles. The maximum Gasteiger partial charge on any atom is 0.407 e. The fourth-order valence-electron chi connectivity index (χ4n) is 4.01. The summed E-state index contributed by atoms with van der Waals surface area (Å²) in [5.74, 6) is 0.945. The quantitative estimate of drug-likeness (QED) is 0.359. The number of carboxylic acid groups (broad SMARTS) is 1. The molecule has 3 N–H and O–H groups in total. The summed E-state index contributed by atoms with van der Waals surface area (Å²) in [7, 11) is 0. The van der Waals surface area contributed by atoms with E-state index >= 15 is 0 Å². The Bertz CT molecular complexity index is 997. The fourth-order valence-corrected chi connectivity index (χ4v) is 4.01. The predicted molar refractivity (Wildman–Crippen MR) is 125 cm³/mol. The van der Waals surface area contributed by atoms with Crippen molar-refractivity contribution in [2.45, 2.75) is 44.1 Å². The Hall–Kier alpha value is -3.79. The largest absolute Gasteiger partial charge is 0.481 e. The van der Waals surface area contributed by atoms with Crippen molar-refractivity contribution in [1.82, 2.24) is 10.6 Å². The first-order valence-corrected chi connectivity index (χ1v) is 11.1. The van der Waals surface area contributed by atoms with Crippen molar-refractivity contribution in [3.8, 4) is 23.5 Å². The van der Waals surface area contributed by atoms with Crippen LogP contribution in [0, 0.1) is 12.3 Å². The van der Waals surface area contributed by atoms with Crippen LogP contribution in [-0.2, 0) is 14.3 Å². The number of unbranched alkanes of at least 4 members (excludes halogenated alkanes) is 2. The molecule has 2 aromatic carbocycles. The van der Waals surface area contributed by atoms with Crippen LogP contribution in [0.2, 0.25) is 0 Å². The molecule has 7 nitrogen and oxygen atoms in total. The number of nitrogens with one attached hydrogen (secondary N) is 2. The number of fused-ring (bicyclic) bond motifs is 3. The molecule has 172 valence electrons. The monoisotopic (exact) mass is 448 g/mol. The maximum atomic E-state index is 12.5. The van der Waals surface area contributed by atoms with Gasteiger partial charge in [-0.3, -0.25) is 9.59 Å². The molecule has 0 aliphatic heterocycles. The standard InChI is InChI=1S/C26H28N2O5/c1-2-3-4-9-16-27-25(31)23(14-15-24(29)30)28-26(32)33-17-22-20-12-7-5-10-18(20)19-11-6-8-13-21(19)22/h1,5-8,10-13,22-23H,3-4,9,14-17H2,(H,27,31)(H,28,32)(H,29,30). The Morgan fingerprint density at radius 3 is 2.27 bits per heavy atom. The number of carbonyl (C=O) groups is 3. The van der Waals surface area contributed by atoms with Crippen LogP contribution in [-0.4, -0.2) is 42.3 Å². The van der Waals surface area contributed by atoms with Crippen LogP contribution in [0.5, 0.6) is 0 Å². The SMILES string of the molecule is C#CCCCCNC(=O)C(CCC(=O)O)NC(=O)OCC1c2ccccc2-c2ccccc21. The number of carboxylic acids is 1. The summed E-state index contributed by atoms with van der Waals surface area (Å²) in [6.45, 7) is 0.510. The minimum Gasteiger partial charge on any atom is -0.481 e. The van der Waals surface area contributed by atoms with E-state index in [-0.39, 0.29) is 25.4 Å². The Kier molecular flexibility index (Phi) is 8.48. The van der Waals surface area contributed by atoms with Crippen molar-refractivity contribution in [2.24, 2.45) is 0 Å². The summed E-state index contributed by atoms with van der Waals surface area (Å²) in [5.41, 5.74) is 4.40. The zero-order valence-corrected chi connectivity index (χ0v) is 18.4. The fraction of sp³-hybridized carbons (Fsp3) is 0.346. The molecule has 1 aliphatic rings. The zero-order valence-electron chi connectivity index (χ0n) is 18.4. The van der Waals surface area contributed by atoms with Crippen LogP contribution < -0.4 is 10.6 Å². The lowest BCUT2D eigenvalue weighted by atomic mass is 9.98. The summed E-state index contributed by atoms with van der Waals surface area (Å²) < 4.78 is 5.49. The predicted octanol–water partition coefficient (Wildman–Crippen LogP) is 3.68. The summed E-state index contributed by atoms with van der Waals surface area (Å²) in [6.07, 6.45) is 6.27. The second-order valence-corrected chi connectivity index (χ2v) is 7.91. The van der Waals surface area contributed by atoms with Crippen LogP contribution in [0.15, 0.2) is 48.5 Å². The van der Waals surface area contributed by atoms with E-state index in [1.54, 1.807) is 0 Å². The van der Waals surface area contributed by atoms with Crippen molar-refractivity contribution in [1.29, 1.82) is 0 Å². The van der Waals surface area contributed by atoms with Crippen LogP contribution in [0.1, 0.15) is 49.1 Å². The highest BCUT2D eigenvalue weighted by molar-refractivity contribution is 5.86. The van der Waals surface area contributed by atoms with Crippen molar-refractivity contribution < 1.29 is 24.2 Å². The number of hydrogen-bond acceptors (Lipinski definition) is 4. The molecule has 2 aromatic rings. The van der Waals surface area contributed by atoms with Crippen molar-refractivity contribution in [3.63, 3.8) is 0 Å². The number of terminal acetylenes is 1. The normalized spacial score (nSPS) is 12.7. The first-order chi connectivity index (χ1) is 16.0. The van der Waals surface area contributed by atoms with Gasteiger partial charge in [-0.05, 0) is 41.5 Å². The van der Waals surface area contributed by atoms with Crippen LogP contribution in [0.4, 0.5) is 4.79 Å². The maximum absolute atomic E-state index is 12.5. The smallest absolute Gasteiger partial charge is 0.407 e. The summed E-state index contributed by atoms with van der Waals surface area (Å²) in [6, 6.07) is 15.0. The topological polar surface area (TPSA) is 105 Å². The summed E-state index contributed by atoms with van der Waals surface area (Å²) in [5, 5.41) is 14.2. The summed E-state index contributed by atoms with van der Waals surface area (Å²) in [4.78, 5) is 36.0. The minimum atomic E-state index is -1.05. The Morgan fingerprint density at radius 2 is 1.67 bits per heavy atom. The second kappa shape index (κ2) is 11.7. The molecule has 0 fully saturated rings. The lowest BCUT2D eigenvalue weighted by molar-refractivity contribution is -0.137. The van der Waals surface area contributed by atoms with E-state index < -0.39 is 24.0 Å². The number of amides is 2. The third-order valence-electron chi connectivity index (χ3n) is 5.65. The lowest BCUT2D eigenvalue weighted by Crippen LogP contribution is -2.47. The molecule has 0 bridgehead atoms. The van der Waals surface area contributed by atoms with Crippen molar-refractivity contribution in [2.75, 3.05) is 13.2 Å². The van der Waals surface area contributed by atoms with E-state index in [4.69, 9.17) is 16.3 Å². The van der Waals surface area contributed by atoms with Crippen LogP contribution in [0.25, 0.3) is 11.1 Å². The Labute approximate surface area is 193 Å². The number of aliphatic carboxylic acids is 1. The second-order valence-electron chi connectivity index (χ2n) is 7.91. The van der Waals surface area contributed by atoms with Gasteiger partial charge in [0.1, 0.15) is 12.6 Å². The highest BCUT2D eigenvalue weighted by atomic mass is 16.5. The van der Waals surface area contributed by atoms with E-state index in [2.05, 4.69) is 16.6 Å². The van der Waals surface area contributed by atoms with E-state index in [1.807, 2.05) is 48.5 Å². The van der Waals surface area contributed by atoms with E-state index in [0.29, 0.717) is 19.4 Å². The molecule has 1 unspecified atom stereocenters. The lowest BCUT2D eigenvalue weighted by Gasteiger charge is -2.19. The first kappa shape index (κ1) is 23.9. The first-order valence-electron chi connectivity index (χ1n) is 11.1. The molecule has 1 aliphatic carbocycles. The Morgan fingerprint density at radius 1 is 1.03 bits per heavy atom. The van der Waals surface area contributed by atoms with Gasteiger partial charge in [-0.25, -0.2) is 4.79 Å². The molecule has 7 heteroatoms. The van der Waals surface area contributed by atoms with E-state index in [0.717, 1.165) is 28.7 Å². The van der Waals surface area contributed by atoms with Crippen molar-refractivity contribution in [3.05, 3.63) is 59.7 Å². The van der Waals surface area contributed by atoms with Crippen molar-refractivity contribution >= 4 is 18.0 Å². The van der Waals surface area contributed by atoms with E-state index in [1.165, 1.54) is 0 Å². The number of alkyl carbamates (subject to hydrolysis) is 1. The molecule has 0 radical (unpaired) electrons. The summed E-state index contributed by atoms with van der Waals surface area (Å²) >= 11 is 0. The number of rotatable bonds is 11. The molecule has 2 amide bonds. The van der Waals surface area contributed by atoms with Gasteiger partial charge < -0.3 is 20.5 Å². The van der Waals surface area contributed by atoms with Gasteiger partial charge in [0.05, 0.1) is 0 Å². The number of hydrogen-bond donors (Lipinski definition) is 3. The van der Waals surface area contributed by atoms with Gasteiger partial charge in [-0.15, -0.1) is 12.3 Å². The average Bonchev–Trinajstić information content (AvgIpc) is 3.13. The van der Waals surface area contributed by atoms with Gasteiger partial charge in [-0.2, -0.15) is 0 Å². The molecule has 0 heterocycles. The number of ether oxygens (including phenoxy) is 1. The average molecular weight is 449 g/mol. The third-order valence-corrected chi connectivity index (χ3v) is 5.65. The van der Waals surface area contributed by atoms with Gasteiger partial charge in [0.2, 0.25) is 5.91 Å². The molecular weight excluding hydrogens is 420 g/mol. The minimum absolute atomic E-state index is 0.0320. The molecule has 0 aromatic heterocycles. The van der Waals surface area contributed by atoms with Crippen LogP contribution in [0.3, 0.4) is 0 Å². The van der Waals surface area contributed by atoms with Gasteiger partial charge >= 0.3 is 12.1 Å². The highest BCUT2D eigenvalue weighted by Crippen LogP contribution is 2.44. The highest BCUT2D eigenvalue weighted by Gasteiger charge is 2.29. The van der Waals surface area contributed by atoms with E-state index in [9.17, 15) is 14.4 Å². The molecule has 0 saturated heterocycles. The van der Waals surface area contributed by atoms with Gasteiger partial charge in [0, 0.05) is 25.3 Å².